The smallest absolute Gasteiger partial charge is 0.317 e. The molecule has 21 heavy (non-hydrogen) atoms. The number of halogens is 2. The topological polar surface area (TPSA) is 66.5 Å². The Morgan fingerprint density at radius 1 is 1.38 bits per heavy atom. The number of piperidine rings is 1. The minimum Gasteiger partial charge on any atom is -0.332 e. The quantitative estimate of drug-likeness (QED) is 0.860. The Hall–Kier alpha value is -1.18. The fraction of sp³-hybridized carbons (Fsp3) is 0.769. The van der Waals surface area contributed by atoms with E-state index in [2.05, 4.69) is 5.32 Å². The molecule has 0 unspecified atom stereocenters. The van der Waals surface area contributed by atoms with Gasteiger partial charge in [0.05, 0.1) is 0 Å². The van der Waals surface area contributed by atoms with Gasteiger partial charge in [0.1, 0.15) is 0 Å². The molecule has 1 heterocycles. The van der Waals surface area contributed by atoms with Crippen molar-refractivity contribution in [3.8, 4) is 0 Å². The van der Waals surface area contributed by atoms with E-state index in [-0.39, 0.29) is 32.0 Å². The molecule has 0 saturated carbocycles. The van der Waals surface area contributed by atoms with Gasteiger partial charge in [-0.3, -0.25) is 0 Å². The maximum Gasteiger partial charge on any atom is 0.317 e. The molecule has 5 nitrogen and oxygen atoms in total. The van der Waals surface area contributed by atoms with Crippen LogP contribution < -0.4 is 5.32 Å². The molecule has 1 N–H and O–H groups in total. The zero-order chi connectivity index (χ0) is 16.3. The second-order valence-electron chi connectivity index (χ2n) is 5.61. The van der Waals surface area contributed by atoms with E-state index in [1.54, 1.807) is 6.92 Å². The van der Waals surface area contributed by atoms with E-state index in [4.69, 9.17) is 0 Å². The summed E-state index contributed by atoms with van der Waals surface area (Å²) in [5, 5.41) is 3.65. The Morgan fingerprint density at radius 2 is 1.90 bits per heavy atom. The standard InChI is InChI=1S/C13H22F2N2O3S/c1-10(6-9-21(3,19)20)16-12(18)17-7-4-11(5-8-17)13(2,14)15/h6,9-11H,4-5,7-8H2,1-3H3,(H,16,18)/b9-6+/t10-/m0/s1. The van der Waals surface area contributed by atoms with Crippen LogP contribution in [0.4, 0.5) is 13.6 Å². The number of nitrogens with one attached hydrogen (secondary N) is 1. The van der Waals surface area contributed by atoms with Crippen LogP contribution >= 0.6 is 0 Å². The number of nitrogens with zero attached hydrogens (tertiary/aromatic N) is 1. The molecule has 1 aliphatic heterocycles. The summed E-state index contributed by atoms with van der Waals surface area (Å²) < 4.78 is 48.3. The van der Waals surface area contributed by atoms with Crippen molar-refractivity contribution >= 4 is 15.9 Å². The van der Waals surface area contributed by atoms with E-state index >= 15 is 0 Å². The zero-order valence-electron chi connectivity index (χ0n) is 12.5. The summed E-state index contributed by atoms with van der Waals surface area (Å²) in [6.45, 7) is 3.11. The van der Waals surface area contributed by atoms with E-state index in [9.17, 15) is 22.0 Å². The molecule has 8 heteroatoms. The zero-order valence-corrected chi connectivity index (χ0v) is 13.3. The van der Waals surface area contributed by atoms with E-state index in [0.717, 1.165) is 18.6 Å². The van der Waals surface area contributed by atoms with Crippen molar-refractivity contribution in [1.82, 2.24) is 10.2 Å². The van der Waals surface area contributed by atoms with E-state index in [0.29, 0.717) is 0 Å². The summed E-state index contributed by atoms with van der Waals surface area (Å²) in [6.07, 6.45) is 2.98. The molecule has 2 amide bonds. The average molecular weight is 324 g/mol. The largest absolute Gasteiger partial charge is 0.332 e. The van der Waals surface area contributed by atoms with Gasteiger partial charge in [-0.15, -0.1) is 0 Å². The van der Waals surface area contributed by atoms with Gasteiger partial charge in [0.25, 0.3) is 0 Å². The van der Waals surface area contributed by atoms with Crippen LogP contribution in [0.2, 0.25) is 0 Å². The van der Waals surface area contributed by atoms with E-state index in [1.165, 1.54) is 11.0 Å². The van der Waals surface area contributed by atoms with Crippen molar-refractivity contribution in [1.29, 1.82) is 0 Å². The molecular formula is C13H22F2N2O3S. The average Bonchev–Trinajstić information content (AvgIpc) is 2.34. The highest BCUT2D eigenvalue weighted by Gasteiger charge is 2.37. The Bertz CT molecular complexity index is 492. The van der Waals surface area contributed by atoms with Gasteiger partial charge >= 0.3 is 6.03 Å². The summed E-state index contributed by atoms with van der Waals surface area (Å²) in [5.41, 5.74) is 0. The number of rotatable bonds is 4. The van der Waals surface area contributed by atoms with Crippen molar-refractivity contribution < 1.29 is 22.0 Å². The van der Waals surface area contributed by atoms with Gasteiger partial charge in [0.15, 0.2) is 9.84 Å². The maximum absolute atomic E-state index is 13.2. The molecular weight excluding hydrogens is 302 g/mol. The van der Waals surface area contributed by atoms with E-state index < -0.39 is 27.7 Å². The number of sulfone groups is 1. The normalized spacial score (nSPS) is 19.8. The van der Waals surface area contributed by atoms with E-state index in [1.807, 2.05) is 0 Å². The number of carbonyl (C=O) groups excluding carboxylic acids is 1. The van der Waals surface area contributed by atoms with Crippen LogP contribution in [0.15, 0.2) is 11.5 Å². The Morgan fingerprint density at radius 3 is 2.33 bits per heavy atom. The number of hydrogen-bond donors (Lipinski definition) is 1. The van der Waals surface area contributed by atoms with Gasteiger partial charge in [-0.2, -0.15) is 0 Å². The second kappa shape index (κ2) is 6.72. The minimum atomic E-state index is -3.23. The molecule has 0 radical (unpaired) electrons. The fourth-order valence-corrected chi connectivity index (χ4v) is 2.71. The monoisotopic (exact) mass is 324 g/mol. The summed E-state index contributed by atoms with van der Waals surface area (Å²) in [5.74, 6) is -3.40. The van der Waals surface area contributed by atoms with Gasteiger partial charge in [-0.25, -0.2) is 22.0 Å². The van der Waals surface area contributed by atoms with Crippen LogP contribution in [-0.2, 0) is 9.84 Å². The molecule has 0 aromatic carbocycles. The molecule has 1 fully saturated rings. The SMILES string of the molecule is C[C@@H](/C=C/S(C)(=O)=O)NC(=O)N1CCC(C(C)(F)F)CC1. The minimum absolute atomic E-state index is 0.268. The molecule has 0 bridgehead atoms. The summed E-state index contributed by atoms with van der Waals surface area (Å²) in [4.78, 5) is 13.4. The van der Waals surface area contributed by atoms with Gasteiger partial charge < -0.3 is 10.2 Å². The predicted molar refractivity (Wildman–Crippen MR) is 76.9 cm³/mol. The predicted octanol–water partition coefficient (Wildman–Crippen LogP) is 2.01. The van der Waals surface area contributed by atoms with Crippen LogP contribution in [0, 0.1) is 5.92 Å². The lowest BCUT2D eigenvalue weighted by molar-refractivity contribution is -0.0584. The molecule has 0 spiro atoms. The fourth-order valence-electron chi connectivity index (χ4n) is 2.18. The summed E-state index contributed by atoms with van der Waals surface area (Å²) >= 11 is 0. The number of alkyl halides is 2. The lowest BCUT2D eigenvalue weighted by Gasteiger charge is -2.34. The third kappa shape index (κ3) is 6.41. The third-order valence-corrected chi connectivity index (χ3v) is 4.12. The molecule has 1 aliphatic rings. The number of carbonyl (C=O) groups is 1. The van der Waals surface area contributed by atoms with Crippen LogP contribution in [-0.4, -0.2) is 50.7 Å². The Labute approximate surface area is 124 Å². The van der Waals surface area contributed by atoms with Crippen molar-refractivity contribution in [3.63, 3.8) is 0 Å². The molecule has 122 valence electrons. The number of urea groups is 1. The summed E-state index contributed by atoms with van der Waals surface area (Å²) in [6, 6.07) is -0.809. The number of hydrogen-bond acceptors (Lipinski definition) is 3. The van der Waals surface area contributed by atoms with Crippen molar-refractivity contribution in [3.05, 3.63) is 11.5 Å². The number of likely N-dealkylation sites (tertiary alicyclic amines) is 1. The maximum atomic E-state index is 13.2. The van der Waals surface area contributed by atoms with Crippen molar-refractivity contribution in [2.24, 2.45) is 5.92 Å². The van der Waals surface area contributed by atoms with Crippen LogP contribution in [0.5, 0.6) is 0 Å². The second-order valence-corrected chi connectivity index (χ2v) is 7.55. The van der Waals surface area contributed by atoms with Crippen LogP contribution in [0.3, 0.4) is 0 Å². The molecule has 1 saturated heterocycles. The number of amides is 2. The van der Waals surface area contributed by atoms with Crippen molar-refractivity contribution in [2.75, 3.05) is 19.3 Å². The highest BCUT2D eigenvalue weighted by Crippen LogP contribution is 2.32. The van der Waals surface area contributed by atoms with Crippen LogP contribution in [0.25, 0.3) is 0 Å². The molecule has 0 aromatic heterocycles. The highest BCUT2D eigenvalue weighted by atomic mass is 32.2. The van der Waals surface area contributed by atoms with Gasteiger partial charge in [-0.1, -0.05) is 6.08 Å². The first-order valence-electron chi connectivity index (χ1n) is 6.80. The first-order valence-corrected chi connectivity index (χ1v) is 8.76. The van der Waals surface area contributed by atoms with Gasteiger partial charge in [0, 0.05) is 36.7 Å². The lowest BCUT2D eigenvalue weighted by atomic mass is 9.91. The first-order chi connectivity index (χ1) is 9.49. The third-order valence-electron chi connectivity index (χ3n) is 3.46. The molecule has 1 rings (SSSR count). The molecule has 1 atom stereocenters. The van der Waals surface area contributed by atoms with Gasteiger partial charge in [-0.05, 0) is 26.7 Å². The Balaban J connectivity index is 2.46. The van der Waals surface area contributed by atoms with Crippen molar-refractivity contribution in [2.45, 2.75) is 38.7 Å². The Kier molecular flexibility index (Phi) is 5.72. The first kappa shape index (κ1) is 17.9. The molecule has 0 aromatic rings. The lowest BCUT2D eigenvalue weighted by Crippen LogP contribution is -2.48. The highest BCUT2D eigenvalue weighted by molar-refractivity contribution is 7.93. The van der Waals surface area contributed by atoms with Crippen LogP contribution in [0.1, 0.15) is 26.7 Å². The molecule has 0 aliphatic carbocycles. The summed E-state index contributed by atoms with van der Waals surface area (Å²) in [7, 11) is -3.23. The van der Waals surface area contributed by atoms with Gasteiger partial charge in [0.2, 0.25) is 5.92 Å².